The molecule has 1 aliphatic heterocycles. The van der Waals surface area contributed by atoms with Gasteiger partial charge in [-0.2, -0.15) is 0 Å². The van der Waals surface area contributed by atoms with Gasteiger partial charge in [-0.05, 0) is 6.42 Å². The standard InChI is InChI=1S/C10H18N2O2S/c1-2-3-4-8(5-11)12-9(13)6-15-7-10(12)14/h8H,2-7,11H2,1H3. The van der Waals surface area contributed by atoms with Crippen LogP contribution in [0.5, 0.6) is 0 Å². The summed E-state index contributed by atoms with van der Waals surface area (Å²) in [5.41, 5.74) is 5.62. The molecule has 1 heterocycles. The fourth-order valence-electron chi connectivity index (χ4n) is 1.70. The summed E-state index contributed by atoms with van der Waals surface area (Å²) in [5.74, 6) is 0.661. The zero-order valence-corrected chi connectivity index (χ0v) is 9.89. The van der Waals surface area contributed by atoms with Gasteiger partial charge in [0.05, 0.1) is 17.5 Å². The van der Waals surface area contributed by atoms with Gasteiger partial charge in [0.2, 0.25) is 11.8 Å². The van der Waals surface area contributed by atoms with Gasteiger partial charge in [0, 0.05) is 6.54 Å². The van der Waals surface area contributed by atoms with E-state index in [-0.39, 0.29) is 17.9 Å². The fraction of sp³-hybridized carbons (Fsp3) is 0.800. The quantitative estimate of drug-likeness (QED) is 0.703. The molecule has 1 unspecified atom stereocenters. The van der Waals surface area contributed by atoms with Gasteiger partial charge in [0.15, 0.2) is 0 Å². The smallest absolute Gasteiger partial charge is 0.239 e. The average Bonchev–Trinajstić information content (AvgIpc) is 2.22. The van der Waals surface area contributed by atoms with E-state index < -0.39 is 0 Å². The molecule has 0 saturated carbocycles. The highest BCUT2D eigenvalue weighted by Crippen LogP contribution is 2.17. The third-order valence-electron chi connectivity index (χ3n) is 2.52. The van der Waals surface area contributed by atoms with Crippen molar-refractivity contribution in [3.63, 3.8) is 0 Å². The van der Waals surface area contributed by atoms with Crippen LogP contribution in [0.3, 0.4) is 0 Å². The Hall–Kier alpha value is -0.550. The van der Waals surface area contributed by atoms with Gasteiger partial charge in [0.1, 0.15) is 0 Å². The molecule has 1 rings (SSSR count). The molecule has 1 atom stereocenters. The Balaban J connectivity index is 2.62. The molecular weight excluding hydrogens is 212 g/mol. The van der Waals surface area contributed by atoms with Gasteiger partial charge in [0.25, 0.3) is 0 Å². The number of hydrogen-bond acceptors (Lipinski definition) is 4. The average molecular weight is 230 g/mol. The highest BCUT2D eigenvalue weighted by atomic mass is 32.2. The Labute approximate surface area is 94.6 Å². The van der Waals surface area contributed by atoms with Crippen LogP contribution in [0.25, 0.3) is 0 Å². The van der Waals surface area contributed by atoms with Crippen molar-refractivity contribution in [2.75, 3.05) is 18.1 Å². The van der Waals surface area contributed by atoms with Gasteiger partial charge in [-0.25, -0.2) is 0 Å². The predicted octanol–water partition coefficient (Wildman–Crippen LogP) is 0.606. The Morgan fingerprint density at radius 2 is 2.00 bits per heavy atom. The van der Waals surface area contributed by atoms with E-state index in [0.717, 1.165) is 19.3 Å². The lowest BCUT2D eigenvalue weighted by molar-refractivity contribution is -0.144. The molecule has 1 saturated heterocycles. The van der Waals surface area contributed by atoms with Crippen LogP contribution < -0.4 is 5.73 Å². The van der Waals surface area contributed by atoms with Crippen LogP contribution in [-0.2, 0) is 9.59 Å². The monoisotopic (exact) mass is 230 g/mol. The number of imide groups is 1. The molecule has 1 aliphatic rings. The molecule has 0 aromatic rings. The lowest BCUT2D eigenvalue weighted by Crippen LogP contribution is -2.51. The van der Waals surface area contributed by atoms with E-state index in [1.807, 2.05) is 0 Å². The van der Waals surface area contributed by atoms with Gasteiger partial charge < -0.3 is 5.73 Å². The molecule has 86 valence electrons. The third-order valence-corrected chi connectivity index (χ3v) is 3.42. The number of amides is 2. The summed E-state index contributed by atoms with van der Waals surface area (Å²) in [7, 11) is 0. The molecule has 1 fully saturated rings. The van der Waals surface area contributed by atoms with E-state index in [2.05, 4.69) is 6.92 Å². The summed E-state index contributed by atoms with van der Waals surface area (Å²) in [4.78, 5) is 24.6. The molecule has 0 aromatic heterocycles. The maximum atomic E-state index is 11.6. The Morgan fingerprint density at radius 3 is 2.47 bits per heavy atom. The second kappa shape index (κ2) is 6.12. The van der Waals surface area contributed by atoms with Crippen molar-refractivity contribution in [1.29, 1.82) is 0 Å². The lowest BCUT2D eigenvalue weighted by atomic mass is 10.1. The molecule has 2 amide bonds. The van der Waals surface area contributed by atoms with Crippen LogP contribution >= 0.6 is 11.8 Å². The summed E-state index contributed by atoms with van der Waals surface area (Å²) < 4.78 is 0. The Morgan fingerprint density at radius 1 is 1.40 bits per heavy atom. The van der Waals surface area contributed by atoms with Gasteiger partial charge in [-0.1, -0.05) is 19.8 Å². The summed E-state index contributed by atoms with van der Waals surface area (Å²) in [6, 6.07) is -0.0918. The minimum Gasteiger partial charge on any atom is -0.328 e. The number of nitrogens with two attached hydrogens (primary N) is 1. The van der Waals surface area contributed by atoms with Crippen molar-refractivity contribution in [3.8, 4) is 0 Å². The maximum Gasteiger partial charge on any atom is 0.239 e. The molecule has 0 bridgehead atoms. The molecule has 0 aliphatic carbocycles. The van der Waals surface area contributed by atoms with Crippen LogP contribution in [0.1, 0.15) is 26.2 Å². The number of carbonyl (C=O) groups excluding carboxylic acids is 2. The van der Waals surface area contributed by atoms with Crippen molar-refractivity contribution in [2.45, 2.75) is 32.2 Å². The van der Waals surface area contributed by atoms with Gasteiger partial charge in [-0.15, -0.1) is 11.8 Å². The van der Waals surface area contributed by atoms with Crippen molar-refractivity contribution in [3.05, 3.63) is 0 Å². The molecule has 0 aromatic carbocycles. The highest BCUT2D eigenvalue weighted by Gasteiger charge is 2.31. The minimum atomic E-state index is -0.0918. The summed E-state index contributed by atoms with van der Waals surface area (Å²) in [6.45, 7) is 2.46. The molecule has 4 nitrogen and oxygen atoms in total. The largest absolute Gasteiger partial charge is 0.328 e. The number of unbranched alkanes of at least 4 members (excludes halogenated alkanes) is 1. The SMILES string of the molecule is CCCCC(CN)N1C(=O)CSCC1=O. The van der Waals surface area contributed by atoms with E-state index in [0.29, 0.717) is 18.1 Å². The second-order valence-corrected chi connectivity index (χ2v) is 4.67. The van der Waals surface area contributed by atoms with Gasteiger partial charge >= 0.3 is 0 Å². The van der Waals surface area contributed by atoms with Crippen molar-refractivity contribution < 1.29 is 9.59 Å². The van der Waals surface area contributed by atoms with E-state index >= 15 is 0 Å². The summed E-state index contributed by atoms with van der Waals surface area (Å²) in [6.07, 6.45) is 2.89. The molecular formula is C10H18N2O2S. The summed E-state index contributed by atoms with van der Waals surface area (Å²) >= 11 is 1.39. The molecule has 0 radical (unpaired) electrons. The zero-order chi connectivity index (χ0) is 11.3. The Bertz CT molecular complexity index is 230. The van der Waals surface area contributed by atoms with E-state index in [1.165, 1.54) is 16.7 Å². The van der Waals surface area contributed by atoms with E-state index in [1.54, 1.807) is 0 Å². The van der Waals surface area contributed by atoms with Crippen LogP contribution in [0, 0.1) is 0 Å². The van der Waals surface area contributed by atoms with Crippen molar-refractivity contribution in [1.82, 2.24) is 4.90 Å². The minimum absolute atomic E-state index is 0.0807. The first-order valence-corrected chi connectivity index (χ1v) is 6.48. The number of hydrogen-bond donors (Lipinski definition) is 1. The fourth-order valence-corrected chi connectivity index (χ4v) is 2.43. The van der Waals surface area contributed by atoms with Crippen LogP contribution in [0.4, 0.5) is 0 Å². The zero-order valence-electron chi connectivity index (χ0n) is 9.07. The summed E-state index contributed by atoms with van der Waals surface area (Å²) in [5, 5.41) is 0. The van der Waals surface area contributed by atoms with Crippen LogP contribution in [0.15, 0.2) is 0 Å². The molecule has 0 spiro atoms. The highest BCUT2D eigenvalue weighted by molar-refractivity contribution is 8.00. The van der Waals surface area contributed by atoms with Gasteiger partial charge in [-0.3, -0.25) is 14.5 Å². The third kappa shape index (κ3) is 3.21. The van der Waals surface area contributed by atoms with Crippen molar-refractivity contribution >= 4 is 23.6 Å². The van der Waals surface area contributed by atoms with E-state index in [4.69, 9.17) is 5.73 Å². The first-order valence-electron chi connectivity index (χ1n) is 5.33. The van der Waals surface area contributed by atoms with Crippen LogP contribution in [-0.4, -0.2) is 40.8 Å². The topological polar surface area (TPSA) is 63.4 Å². The first kappa shape index (κ1) is 12.5. The Kier molecular flexibility index (Phi) is 5.11. The first-order chi connectivity index (χ1) is 7.20. The molecule has 15 heavy (non-hydrogen) atoms. The number of carbonyl (C=O) groups is 2. The maximum absolute atomic E-state index is 11.6. The normalized spacial score (nSPS) is 19.5. The second-order valence-electron chi connectivity index (χ2n) is 3.68. The molecule has 2 N–H and O–H groups in total. The number of thioether (sulfide) groups is 1. The number of rotatable bonds is 5. The van der Waals surface area contributed by atoms with E-state index in [9.17, 15) is 9.59 Å². The number of nitrogens with zero attached hydrogens (tertiary/aromatic N) is 1. The predicted molar refractivity (Wildman–Crippen MR) is 61.5 cm³/mol. The van der Waals surface area contributed by atoms with Crippen molar-refractivity contribution in [2.24, 2.45) is 5.73 Å². The lowest BCUT2D eigenvalue weighted by Gasteiger charge is -2.31. The molecule has 5 heteroatoms. The van der Waals surface area contributed by atoms with Crippen LogP contribution in [0.2, 0.25) is 0 Å².